The second kappa shape index (κ2) is 4.40. The molecule has 0 fully saturated rings. The number of nitrogens with zero attached hydrogens (tertiary/aromatic N) is 2. The van der Waals surface area contributed by atoms with E-state index in [1.807, 2.05) is 19.1 Å². The van der Waals surface area contributed by atoms with Crippen molar-refractivity contribution in [3.05, 3.63) is 35.1 Å². The molecular weight excluding hydrogens is 228 g/mol. The third-order valence-electron chi connectivity index (χ3n) is 2.06. The number of aryl methyl sites for hydroxylation is 1. The first kappa shape index (κ1) is 10.8. The van der Waals surface area contributed by atoms with Crippen LogP contribution in [0.4, 0.5) is 11.5 Å². The number of rotatable bonds is 3. The summed E-state index contributed by atoms with van der Waals surface area (Å²) < 4.78 is 5.40. The lowest BCUT2D eigenvalue weighted by Gasteiger charge is -2.06. The maximum atomic E-state index is 5.76. The number of hydrogen-bond acceptors (Lipinski definition) is 5. The van der Waals surface area contributed by atoms with Crippen molar-refractivity contribution in [1.29, 1.82) is 0 Å². The Morgan fingerprint density at radius 3 is 2.94 bits per heavy atom. The van der Waals surface area contributed by atoms with Crippen LogP contribution in [-0.2, 0) is 6.54 Å². The highest BCUT2D eigenvalue weighted by Crippen LogP contribution is 2.22. The summed E-state index contributed by atoms with van der Waals surface area (Å²) in [4.78, 5) is 7.75. The molecule has 0 spiro atoms. The van der Waals surface area contributed by atoms with Crippen molar-refractivity contribution in [2.24, 2.45) is 0 Å². The molecule has 5 nitrogen and oxygen atoms in total. The fourth-order valence-corrected chi connectivity index (χ4v) is 1.40. The standard InChI is InChI=1S/C10H11ClN4O/c1-6-2-3-7(16-6)4-13-10-8(12)9(11)14-5-15-10/h2-3,5H,4,12H2,1H3,(H,13,14,15). The maximum absolute atomic E-state index is 5.76. The van der Waals surface area contributed by atoms with Gasteiger partial charge >= 0.3 is 0 Å². The summed E-state index contributed by atoms with van der Waals surface area (Å²) in [6.07, 6.45) is 1.36. The third-order valence-corrected chi connectivity index (χ3v) is 2.36. The summed E-state index contributed by atoms with van der Waals surface area (Å²) in [6, 6.07) is 3.79. The predicted octanol–water partition coefficient (Wildman–Crippen LogP) is 2.23. The van der Waals surface area contributed by atoms with E-state index >= 15 is 0 Å². The summed E-state index contributed by atoms with van der Waals surface area (Å²) in [5.74, 6) is 2.19. The van der Waals surface area contributed by atoms with Gasteiger partial charge in [-0.15, -0.1) is 0 Å². The van der Waals surface area contributed by atoms with E-state index < -0.39 is 0 Å². The molecule has 0 saturated heterocycles. The smallest absolute Gasteiger partial charge is 0.157 e. The summed E-state index contributed by atoms with van der Waals surface area (Å²) in [6.45, 7) is 2.39. The van der Waals surface area contributed by atoms with Gasteiger partial charge in [-0.2, -0.15) is 0 Å². The van der Waals surface area contributed by atoms with E-state index in [9.17, 15) is 0 Å². The number of aromatic nitrogens is 2. The molecule has 16 heavy (non-hydrogen) atoms. The highest BCUT2D eigenvalue weighted by molar-refractivity contribution is 6.32. The van der Waals surface area contributed by atoms with E-state index in [2.05, 4.69) is 15.3 Å². The molecule has 3 N–H and O–H groups in total. The molecule has 0 amide bonds. The fraction of sp³-hybridized carbons (Fsp3) is 0.200. The van der Waals surface area contributed by atoms with Gasteiger partial charge in [-0.05, 0) is 19.1 Å². The van der Waals surface area contributed by atoms with Crippen LogP contribution in [0.5, 0.6) is 0 Å². The molecule has 0 bridgehead atoms. The SMILES string of the molecule is Cc1ccc(CNc2ncnc(Cl)c2N)o1. The second-order valence-electron chi connectivity index (χ2n) is 3.29. The Morgan fingerprint density at radius 2 is 2.25 bits per heavy atom. The van der Waals surface area contributed by atoms with Gasteiger partial charge in [0.25, 0.3) is 0 Å². The van der Waals surface area contributed by atoms with E-state index in [4.69, 9.17) is 21.8 Å². The van der Waals surface area contributed by atoms with Gasteiger partial charge in [0.1, 0.15) is 23.5 Å². The Balaban J connectivity index is 2.07. The number of hydrogen-bond donors (Lipinski definition) is 2. The average Bonchev–Trinajstić information content (AvgIpc) is 2.67. The zero-order valence-corrected chi connectivity index (χ0v) is 9.45. The molecule has 0 aliphatic rings. The van der Waals surface area contributed by atoms with Crippen LogP contribution in [0.1, 0.15) is 11.5 Å². The molecular formula is C10H11ClN4O. The average molecular weight is 239 g/mol. The van der Waals surface area contributed by atoms with Crippen molar-refractivity contribution in [3.63, 3.8) is 0 Å². The quantitative estimate of drug-likeness (QED) is 0.802. The Morgan fingerprint density at radius 1 is 1.44 bits per heavy atom. The normalized spacial score (nSPS) is 10.4. The van der Waals surface area contributed by atoms with E-state index in [0.717, 1.165) is 11.5 Å². The molecule has 2 aromatic rings. The first-order valence-corrected chi connectivity index (χ1v) is 5.10. The molecule has 2 aromatic heterocycles. The lowest BCUT2D eigenvalue weighted by atomic mass is 10.4. The predicted molar refractivity (Wildman–Crippen MR) is 62.2 cm³/mol. The lowest BCUT2D eigenvalue weighted by molar-refractivity contribution is 0.490. The van der Waals surface area contributed by atoms with Gasteiger partial charge in [0, 0.05) is 0 Å². The minimum atomic E-state index is 0.244. The topological polar surface area (TPSA) is 77.0 Å². The van der Waals surface area contributed by atoms with Gasteiger partial charge in [0.05, 0.1) is 6.54 Å². The number of furan rings is 1. The van der Waals surface area contributed by atoms with Crippen molar-refractivity contribution in [2.75, 3.05) is 11.1 Å². The minimum absolute atomic E-state index is 0.244. The van der Waals surface area contributed by atoms with Gasteiger partial charge in [0.2, 0.25) is 0 Å². The molecule has 0 atom stereocenters. The molecule has 0 aromatic carbocycles. The monoisotopic (exact) mass is 238 g/mol. The molecule has 0 radical (unpaired) electrons. The highest BCUT2D eigenvalue weighted by Gasteiger charge is 2.06. The number of nitrogens with two attached hydrogens (primary N) is 1. The zero-order chi connectivity index (χ0) is 11.5. The zero-order valence-electron chi connectivity index (χ0n) is 8.70. The van der Waals surface area contributed by atoms with Crippen LogP contribution in [0, 0.1) is 6.92 Å². The van der Waals surface area contributed by atoms with E-state index in [1.54, 1.807) is 0 Å². The third kappa shape index (κ3) is 2.25. The van der Waals surface area contributed by atoms with E-state index in [1.165, 1.54) is 6.33 Å². The Bertz CT molecular complexity index is 497. The van der Waals surface area contributed by atoms with Crippen LogP contribution in [-0.4, -0.2) is 9.97 Å². The molecule has 0 aliphatic carbocycles. The van der Waals surface area contributed by atoms with Crippen LogP contribution < -0.4 is 11.1 Å². The summed E-state index contributed by atoms with van der Waals surface area (Å²) in [5.41, 5.74) is 6.04. The minimum Gasteiger partial charge on any atom is -0.465 e. The molecule has 2 rings (SSSR count). The van der Waals surface area contributed by atoms with Crippen LogP contribution in [0.2, 0.25) is 5.15 Å². The van der Waals surface area contributed by atoms with Crippen LogP contribution in [0.25, 0.3) is 0 Å². The highest BCUT2D eigenvalue weighted by atomic mass is 35.5. The van der Waals surface area contributed by atoms with Crippen LogP contribution >= 0.6 is 11.6 Å². The van der Waals surface area contributed by atoms with Crippen molar-refractivity contribution >= 4 is 23.1 Å². The van der Waals surface area contributed by atoms with Crippen LogP contribution in [0.3, 0.4) is 0 Å². The first-order valence-electron chi connectivity index (χ1n) is 4.72. The maximum Gasteiger partial charge on any atom is 0.157 e. The largest absolute Gasteiger partial charge is 0.465 e. The molecule has 0 saturated carbocycles. The van der Waals surface area contributed by atoms with Gasteiger partial charge in [0.15, 0.2) is 11.0 Å². The Hall–Kier alpha value is -1.75. The molecule has 2 heterocycles. The summed E-state index contributed by atoms with van der Waals surface area (Å²) in [7, 11) is 0. The van der Waals surface area contributed by atoms with Crippen molar-refractivity contribution in [2.45, 2.75) is 13.5 Å². The first-order chi connectivity index (χ1) is 7.66. The van der Waals surface area contributed by atoms with Crippen molar-refractivity contribution < 1.29 is 4.42 Å². The van der Waals surface area contributed by atoms with Crippen molar-refractivity contribution in [1.82, 2.24) is 9.97 Å². The Kier molecular flexibility index (Phi) is 2.96. The van der Waals surface area contributed by atoms with Gasteiger partial charge in [-0.25, -0.2) is 9.97 Å². The summed E-state index contributed by atoms with van der Waals surface area (Å²) in [5, 5.41) is 3.27. The van der Waals surface area contributed by atoms with Gasteiger partial charge < -0.3 is 15.5 Å². The number of anilines is 2. The molecule has 0 aliphatic heterocycles. The van der Waals surface area contributed by atoms with E-state index in [-0.39, 0.29) is 5.15 Å². The number of nitrogens with one attached hydrogen (secondary N) is 1. The van der Waals surface area contributed by atoms with Crippen molar-refractivity contribution in [3.8, 4) is 0 Å². The second-order valence-corrected chi connectivity index (χ2v) is 3.65. The lowest BCUT2D eigenvalue weighted by Crippen LogP contribution is -2.05. The van der Waals surface area contributed by atoms with Crippen LogP contribution in [0.15, 0.2) is 22.9 Å². The molecule has 6 heteroatoms. The van der Waals surface area contributed by atoms with Gasteiger partial charge in [-0.3, -0.25) is 0 Å². The van der Waals surface area contributed by atoms with Gasteiger partial charge in [-0.1, -0.05) is 11.6 Å². The number of halogens is 1. The van der Waals surface area contributed by atoms with E-state index in [0.29, 0.717) is 18.1 Å². The Labute approximate surface area is 97.6 Å². The number of nitrogen functional groups attached to an aromatic ring is 1. The fourth-order valence-electron chi connectivity index (χ4n) is 1.27. The molecule has 0 unspecified atom stereocenters. The molecule has 84 valence electrons. The summed E-state index contributed by atoms with van der Waals surface area (Å²) >= 11 is 5.76.